The molecular formula is C11H11ClIN3O. The van der Waals surface area contributed by atoms with E-state index in [-0.39, 0.29) is 0 Å². The Kier molecular flexibility index (Phi) is 2.61. The van der Waals surface area contributed by atoms with Gasteiger partial charge in [-0.05, 0) is 48.4 Å². The summed E-state index contributed by atoms with van der Waals surface area (Å²) in [5.41, 5.74) is 0.311. The maximum atomic E-state index is 9.80. The fraction of sp³-hybridized carbons (Fsp3) is 0.455. The highest BCUT2D eigenvalue weighted by Gasteiger charge is 2.40. The van der Waals surface area contributed by atoms with Gasteiger partial charge in [-0.3, -0.25) is 0 Å². The minimum atomic E-state index is -0.535. The Morgan fingerprint density at radius 2 is 2.24 bits per heavy atom. The molecule has 4 nitrogen and oxygen atoms in total. The van der Waals surface area contributed by atoms with Gasteiger partial charge in [-0.1, -0.05) is 11.6 Å². The number of aromatic nitrogens is 3. The molecule has 0 amide bonds. The average molecular weight is 364 g/mol. The molecule has 2 heterocycles. The van der Waals surface area contributed by atoms with Crippen molar-refractivity contribution in [2.45, 2.75) is 31.4 Å². The van der Waals surface area contributed by atoms with Gasteiger partial charge in [0.25, 0.3) is 0 Å². The van der Waals surface area contributed by atoms with Crippen LogP contribution in [0.3, 0.4) is 0 Å². The van der Waals surface area contributed by atoms with E-state index in [1.807, 2.05) is 13.0 Å². The maximum Gasteiger partial charge on any atom is 0.164 e. The SMILES string of the molecule is CC1(O)CC(n2cc(I)c3cc(Cl)nnc32)C1. The molecule has 17 heavy (non-hydrogen) atoms. The topological polar surface area (TPSA) is 50.9 Å². The number of hydrogen-bond acceptors (Lipinski definition) is 3. The quantitative estimate of drug-likeness (QED) is 0.793. The molecule has 1 aliphatic rings. The summed E-state index contributed by atoms with van der Waals surface area (Å²) in [4.78, 5) is 0. The second kappa shape index (κ2) is 3.80. The summed E-state index contributed by atoms with van der Waals surface area (Å²) < 4.78 is 3.21. The van der Waals surface area contributed by atoms with Crippen LogP contribution < -0.4 is 0 Å². The fourth-order valence-electron chi connectivity index (χ4n) is 2.41. The van der Waals surface area contributed by atoms with Crippen LogP contribution in [0.15, 0.2) is 12.3 Å². The molecule has 2 aromatic rings. The van der Waals surface area contributed by atoms with Gasteiger partial charge < -0.3 is 9.67 Å². The lowest BCUT2D eigenvalue weighted by molar-refractivity contribution is -0.0498. The van der Waals surface area contributed by atoms with Gasteiger partial charge in [0.15, 0.2) is 10.8 Å². The molecule has 0 saturated heterocycles. The van der Waals surface area contributed by atoms with E-state index < -0.39 is 5.60 Å². The van der Waals surface area contributed by atoms with Crippen molar-refractivity contribution in [3.8, 4) is 0 Å². The predicted octanol–water partition coefficient (Wildman–Crippen LogP) is 2.78. The molecule has 0 spiro atoms. The number of fused-ring (bicyclic) bond motifs is 1. The highest BCUT2D eigenvalue weighted by atomic mass is 127. The first-order valence-corrected chi connectivity index (χ1v) is 6.84. The minimum Gasteiger partial charge on any atom is -0.390 e. The van der Waals surface area contributed by atoms with Crippen LogP contribution in [0, 0.1) is 3.57 Å². The molecule has 1 aliphatic carbocycles. The van der Waals surface area contributed by atoms with Crippen LogP contribution in [0.5, 0.6) is 0 Å². The largest absolute Gasteiger partial charge is 0.390 e. The molecule has 2 aromatic heterocycles. The number of halogens is 2. The smallest absolute Gasteiger partial charge is 0.164 e. The van der Waals surface area contributed by atoms with Gasteiger partial charge in [0.05, 0.1) is 5.60 Å². The van der Waals surface area contributed by atoms with Gasteiger partial charge in [-0.15, -0.1) is 10.2 Å². The third kappa shape index (κ3) is 1.94. The van der Waals surface area contributed by atoms with Gasteiger partial charge in [-0.25, -0.2) is 0 Å². The zero-order valence-electron chi connectivity index (χ0n) is 9.19. The fourth-order valence-corrected chi connectivity index (χ4v) is 3.26. The van der Waals surface area contributed by atoms with E-state index in [0.717, 1.165) is 27.4 Å². The van der Waals surface area contributed by atoms with E-state index in [1.165, 1.54) is 0 Å². The molecule has 0 atom stereocenters. The van der Waals surface area contributed by atoms with Crippen molar-refractivity contribution in [2.75, 3.05) is 0 Å². The Morgan fingerprint density at radius 1 is 1.53 bits per heavy atom. The van der Waals surface area contributed by atoms with E-state index >= 15 is 0 Å². The van der Waals surface area contributed by atoms with E-state index in [9.17, 15) is 5.11 Å². The Balaban J connectivity index is 2.07. The Bertz CT molecular complexity index is 588. The first-order chi connectivity index (χ1) is 7.96. The molecule has 6 heteroatoms. The number of hydrogen-bond donors (Lipinski definition) is 1. The first-order valence-electron chi connectivity index (χ1n) is 5.38. The van der Waals surface area contributed by atoms with Gasteiger partial charge in [-0.2, -0.15) is 0 Å². The van der Waals surface area contributed by atoms with Crippen LogP contribution in [0.2, 0.25) is 5.15 Å². The lowest BCUT2D eigenvalue weighted by Gasteiger charge is -2.41. The lowest BCUT2D eigenvalue weighted by atomic mass is 9.77. The predicted molar refractivity (Wildman–Crippen MR) is 74.1 cm³/mol. The molecule has 0 aliphatic heterocycles. The molecule has 1 fully saturated rings. The van der Waals surface area contributed by atoms with Crippen molar-refractivity contribution >= 4 is 45.2 Å². The van der Waals surface area contributed by atoms with Crippen LogP contribution >= 0.6 is 34.2 Å². The zero-order valence-corrected chi connectivity index (χ0v) is 12.1. The molecule has 0 radical (unpaired) electrons. The molecular weight excluding hydrogens is 352 g/mol. The summed E-state index contributed by atoms with van der Waals surface area (Å²) in [6, 6.07) is 2.14. The molecule has 0 aromatic carbocycles. The van der Waals surface area contributed by atoms with Crippen LogP contribution in [0.1, 0.15) is 25.8 Å². The number of nitrogens with zero attached hydrogens (tertiary/aromatic N) is 3. The van der Waals surface area contributed by atoms with Crippen molar-refractivity contribution in [1.82, 2.24) is 14.8 Å². The Hall–Kier alpha value is -0.400. The van der Waals surface area contributed by atoms with Crippen LogP contribution in [0.25, 0.3) is 11.0 Å². The summed E-state index contributed by atoms with van der Waals surface area (Å²) in [6.45, 7) is 1.86. The average Bonchev–Trinajstić information content (AvgIpc) is 2.52. The van der Waals surface area contributed by atoms with Gasteiger partial charge in [0, 0.05) is 21.2 Å². The highest BCUT2D eigenvalue weighted by Crippen LogP contribution is 2.42. The summed E-state index contributed by atoms with van der Waals surface area (Å²) in [5, 5.41) is 19.3. The van der Waals surface area contributed by atoms with Crippen molar-refractivity contribution in [1.29, 1.82) is 0 Å². The molecule has 90 valence electrons. The van der Waals surface area contributed by atoms with Gasteiger partial charge >= 0.3 is 0 Å². The van der Waals surface area contributed by atoms with Crippen molar-refractivity contribution < 1.29 is 5.11 Å². The summed E-state index contributed by atoms with van der Waals surface area (Å²) in [7, 11) is 0. The summed E-state index contributed by atoms with van der Waals surface area (Å²) >= 11 is 8.11. The van der Waals surface area contributed by atoms with Crippen LogP contribution in [-0.2, 0) is 0 Å². The highest BCUT2D eigenvalue weighted by molar-refractivity contribution is 14.1. The Labute approximate surface area is 117 Å². The van der Waals surface area contributed by atoms with Crippen molar-refractivity contribution in [2.24, 2.45) is 0 Å². The third-order valence-electron chi connectivity index (χ3n) is 3.24. The van der Waals surface area contributed by atoms with E-state index in [4.69, 9.17) is 11.6 Å². The molecule has 0 bridgehead atoms. The Morgan fingerprint density at radius 3 is 2.88 bits per heavy atom. The second-order valence-electron chi connectivity index (χ2n) is 4.85. The standard InChI is InChI=1S/C11H11ClIN3O/c1-11(17)3-6(4-11)16-5-8(13)7-2-9(12)14-15-10(7)16/h2,5-6,17H,3-4H2,1H3. The van der Waals surface area contributed by atoms with E-state index in [0.29, 0.717) is 11.2 Å². The third-order valence-corrected chi connectivity index (χ3v) is 4.29. The molecule has 1 N–H and O–H groups in total. The van der Waals surface area contributed by atoms with Crippen LogP contribution in [0.4, 0.5) is 0 Å². The summed E-state index contributed by atoms with van der Waals surface area (Å²) in [6.07, 6.45) is 3.57. The van der Waals surface area contributed by atoms with Gasteiger partial charge in [0.2, 0.25) is 0 Å². The number of rotatable bonds is 1. The van der Waals surface area contributed by atoms with Crippen LogP contribution in [-0.4, -0.2) is 25.5 Å². The minimum absolute atomic E-state index is 0.312. The monoisotopic (exact) mass is 363 g/mol. The molecule has 0 unspecified atom stereocenters. The normalized spacial score (nSPS) is 28.4. The lowest BCUT2D eigenvalue weighted by Crippen LogP contribution is -2.41. The second-order valence-corrected chi connectivity index (χ2v) is 6.40. The van der Waals surface area contributed by atoms with Crippen molar-refractivity contribution in [3.05, 3.63) is 21.0 Å². The molecule has 1 saturated carbocycles. The van der Waals surface area contributed by atoms with E-state index in [1.54, 1.807) is 0 Å². The zero-order chi connectivity index (χ0) is 12.2. The first kappa shape index (κ1) is 11.7. The van der Waals surface area contributed by atoms with Gasteiger partial charge in [0.1, 0.15) is 0 Å². The van der Waals surface area contributed by atoms with Crippen molar-refractivity contribution in [3.63, 3.8) is 0 Å². The maximum absolute atomic E-state index is 9.80. The van der Waals surface area contributed by atoms with E-state index in [2.05, 4.69) is 43.6 Å². The number of aliphatic hydroxyl groups is 1. The summed E-state index contributed by atoms with van der Waals surface area (Å²) in [5.74, 6) is 0. The molecule has 3 rings (SSSR count).